The smallest absolute Gasteiger partial charge is 0.251 e. The molecule has 2 rings (SSSR count). The van der Waals surface area contributed by atoms with Crippen LogP contribution in [-0.2, 0) is 16.1 Å². The summed E-state index contributed by atoms with van der Waals surface area (Å²) in [6, 6.07) is 7.68. The molecule has 0 radical (unpaired) electrons. The molecule has 1 saturated heterocycles. The lowest BCUT2D eigenvalue weighted by Gasteiger charge is -2.20. The van der Waals surface area contributed by atoms with Crippen molar-refractivity contribution >= 4 is 5.91 Å². The Labute approximate surface area is 119 Å². The van der Waals surface area contributed by atoms with Crippen molar-refractivity contribution in [3.05, 3.63) is 35.4 Å². The van der Waals surface area contributed by atoms with E-state index in [1.807, 2.05) is 24.3 Å². The van der Waals surface area contributed by atoms with Crippen LogP contribution < -0.4 is 0 Å². The van der Waals surface area contributed by atoms with E-state index in [0.29, 0.717) is 13.2 Å². The van der Waals surface area contributed by atoms with Crippen molar-refractivity contribution < 1.29 is 14.6 Å². The number of carbonyl (C=O) groups excluding carboxylic acids is 1. The molecule has 4 heteroatoms. The SMILES string of the molecule is CN(Cc1cccc(C#CCO)c1)C(=O)C1CCCO1. The highest BCUT2D eigenvalue weighted by molar-refractivity contribution is 5.80. The van der Waals surface area contributed by atoms with Gasteiger partial charge in [0, 0.05) is 25.8 Å². The van der Waals surface area contributed by atoms with Crippen LogP contribution in [0.2, 0.25) is 0 Å². The van der Waals surface area contributed by atoms with E-state index in [4.69, 9.17) is 9.84 Å². The van der Waals surface area contributed by atoms with Crippen molar-refractivity contribution in [1.29, 1.82) is 0 Å². The maximum Gasteiger partial charge on any atom is 0.251 e. The quantitative estimate of drug-likeness (QED) is 0.841. The van der Waals surface area contributed by atoms with Crippen molar-refractivity contribution in [2.75, 3.05) is 20.3 Å². The van der Waals surface area contributed by atoms with Gasteiger partial charge in [-0.05, 0) is 30.5 Å². The molecule has 0 aromatic heterocycles. The lowest BCUT2D eigenvalue weighted by molar-refractivity contribution is -0.140. The van der Waals surface area contributed by atoms with E-state index < -0.39 is 0 Å². The van der Waals surface area contributed by atoms with Crippen LogP contribution in [0.15, 0.2) is 24.3 Å². The summed E-state index contributed by atoms with van der Waals surface area (Å²) in [6.45, 7) is 1.06. The molecule has 20 heavy (non-hydrogen) atoms. The summed E-state index contributed by atoms with van der Waals surface area (Å²) < 4.78 is 5.41. The third kappa shape index (κ3) is 3.83. The zero-order chi connectivity index (χ0) is 14.4. The number of carbonyl (C=O) groups is 1. The van der Waals surface area contributed by atoms with Crippen molar-refractivity contribution in [3.63, 3.8) is 0 Å². The number of hydrogen-bond acceptors (Lipinski definition) is 3. The van der Waals surface area contributed by atoms with Gasteiger partial charge < -0.3 is 14.7 Å². The predicted molar refractivity (Wildman–Crippen MR) is 75.9 cm³/mol. The molecule has 1 aliphatic rings. The van der Waals surface area contributed by atoms with Gasteiger partial charge in [0.15, 0.2) is 0 Å². The van der Waals surface area contributed by atoms with Gasteiger partial charge in [-0.3, -0.25) is 4.79 Å². The molecular formula is C16H19NO3. The number of aliphatic hydroxyl groups is 1. The van der Waals surface area contributed by atoms with Crippen LogP contribution in [0, 0.1) is 11.8 Å². The summed E-state index contributed by atoms with van der Waals surface area (Å²) in [5.41, 5.74) is 1.86. The van der Waals surface area contributed by atoms with Crippen molar-refractivity contribution in [2.45, 2.75) is 25.5 Å². The second-order valence-electron chi connectivity index (χ2n) is 4.86. The first-order valence-electron chi connectivity index (χ1n) is 6.76. The van der Waals surface area contributed by atoms with E-state index in [2.05, 4.69) is 11.8 Å². The maximum atomic E-state index is 12.1. The Balaban J connectivity index is 1.99. The van der Waals surface area contributed by atoms with Gasteiger partial charge in [0.2, 0.25) is 0 Å². The van der Waals surface area contributed by atoms with Gasteiger partial charge in [0.25, 0.3) is 5.91 Å². The molecule has 1 heterocycles. The standard InChI is InChI=1S/C16H19NO3/c1-17(16(19)15-8-4-10-20-15)12-14-6-2-5-13(11-14)7-3-9-18/h2,5-6,11,15,18H,4,8-10,12H2,1H3. The molecule has 4 nitrogen and oxygen atoms in total. The number of aliphatic hydroxyl groups excluding tert-OH is 1. The summed E-state index contributed by atoms with van der Waals surface area (Å²) in [5, 5.41) is 8.70. The molecule has 1 N–H and O–H groups in total. The molecular weight excluding hydrogens is 254 g/mol. The summed E-state index contributed by atoms with van der Waals surface area (Å²) in [6.07, 6.45) is 1.49. The number of hydrogen-bond donors (Lipinski definition) is 1. The number of nitrogens with zero attached hydrogens (tertiary/aromatic N) is 1. The van der Waals surface area contributed by atoms with Crippen molar-refractivity contribution in [1.82, 2.24) is 4.90 Å². The molecule has 0 aliphatic carbocycles. The third-order valence-electron chi connectivity index (χ3n) is 3.24. The zero-order valence-electron chi connectivity index (χ0n) is 11.6. The molecule has 1 fully saturated rings. The van der Waals surface area contributed by atoms with Gasteiger partial charge in [-0.15, -0.1) is 0 Å². The predicted octanol–water partition coefficient (Wildman–Crippen LogP) is 1.17. The fourth-order valence-electron chi connectivity index (χ4n) is 2.26. The molecule has 1 amide bonds. The minimum absolute atomic E-state index is 0.0364. The van der Waals surface area contributed by atoms with Gasteiger partial charge >= 0.3 is 0 Å². The van der Waals surface area contributed by atoms with Crippen molar-refractivity contribution in [3.8, 4) is 11.8 Å². The lowest BCUT2D eigenvalue weighted by atomic mass is 10.1. The lowest BCUT2D eigenvalue weighted by Crippen LogP contribution is -2.35. The highest BCUT2D eigenvalue weighted by Crippen LogP contribution is 2.15. The van der Waals surface area contributed by atoms with Crippen molar-refractivity contribution in [2.24, 2.45) is 0 Å². The maximum absolute atomic E-state index is 12.1. The Morgan fingerprint density at radius 2 is 2.40 bits per heavy atom. The monoisotopic (exact) mass is 273 g/mol. The topological polar surface area (TPSA) is 49.8 Å². The van der Waals surface area contributed by atoms with Crippen LogP contribution in [0.1, 0.15) is 24.0 Å². The van der Waals surface area contributed by atoms with E-state index in [0.717, 1.165) is 24.0 Å². The van der Waals surface area contributed by atoms with E-state index in [-0.39, 0.29) is 18.6 Å². The van der Waals surface area contributed by atoms with Gasteiger partial charge in [-0.2, -0.15) is 0 Å². The third-order valence-corrected chi connectivity index (χ3v) is 3.24. The van der Waals surface area contributed by atoms with Crippen LogP contribution in [0.5, 0.6) is 0 Å². The van der Waals surface area contributed by atoms with E-state index in [1.165, 1.54) is 0 Å². The molecule has 0 saturated carbocycles. The Bertz CT molecular complexity index is 524. The minimum Gasteiger partial charge on any atom is -0.384 e. The van der Waals surface area contributed by atoms with Crippen LogP contribution in [0.25, 0.3) is 0 Å². The highest BCUT2D eigenvalue weighted by Gasteiger charge is 2.26. The van der Waals surface area contributed by atoms with Crippen LogP contribution in [0.3, 0.4) is 0 Å². The number of likely N-dealkylation sites (N-methyl/N-ethyl adjacent to an activating group) is 1. The Morgan fingerprint density at radius 1 is 1.55 bits per heavy atom. The first-order chi connectivity index (χ1) is 9.70. The van der Waals surface area contributed by atoms with Crippen LogP contribution in [0.4, 0.5) is 0 Å². The summed E-state index contributed by atoms with van der Waals surface area (Å²) >= 11 is 0. The van der Waals surface area contributed by atoms with Gasteiger partial charge in [-0.1, -0.05) is 24.0 Å². The number of ether oxygens (including phenoxy) is 1. The van der Waals surface area contributed by atoms with E-state index in [1.54, 1.807) is 11.9 Å². The first kappa shape index (κ1) is 14.6. The average Bonchev–Trinajstić information content (AvgIpc) is 2.98. The molecule has 106 valence electrons. The second kappa shape index (κ2) is 7.09. The molecule has 0 bridgehead atoms. The van der Waals surface area contributed by atoms with E-state index in [9.17, 15) is 4.79 Å². The highest BCUT2D eigenvalue weighted by atomic mass is 16.5. The molecule has 1 atom stereocenters. The fourth-order valence-corrected chi connectivity index (χ4v) is 2.26. The van der Waals surface area contributed by atoms with Gasteiger partial charge in [0.05, 0.1) is 0 Å². The molecule has 1 unspecified atom stereocenters. The number of rotatable bonds is 3. The molecule has 1 aromatic rings. The average molecular weight is 273 g/mol. The summed E-state index contributed by atoms with van der Waals surface area (Å²) in [7, 11) is 1.79. The van der Waals surface area contributed by atoms with Gasteiger partial charge in [-0.25, -0.2) is 0 Å². The van der Waals surface area contributed by atoms with Gasteiger partial charge in [0.1, 0.15) is 12.7 Å². The summed E-state index contributed by atoms with van der Waals surface area (Å²) in [4.78, 5) is 13.8. The molecule has 0 spiro atoms. The number of amides is 1. The normalized spacial score (nSPS) is 17.4. The van der Waals surface area contributed by atoms with E-state index >= 15 is 0 Å². The largest absolute Gasteiger partial charge is 0.384 e. The minimum atomic E-state index is -0.280. The fraction of sp³-hybridized carbons (Fsp3) is 0.438. The van der Waals surface area contributed by atoms with Crippen LogP contribution >= 0.6 is 0 Å². The Hall–Kier alpha value is -1.83. The molecule has 1 aliphatic heterocycles. The number of benzene rings is 1. The molecule has 1 aromatic carbocycles. The first-order valence-corrected chi connectivity index (χ1v) is 6.76. The zero-order valence-corrected chi connectivity index (χ0v) is 11.6. The summed E-state index contributed by atoms with van der Waals surface area (Å²) in [5.74, 6) is 5.52. The Kier molecular flexibility index (Phi) is 5.16. The van der Waals surface area contributed by atoms with Crippen LogP contribution in [-0.4, -0.2) is 42.3 Å². The Morgan fingerprint density at radius 3 is 3.10 bits per heavy atom. The second-order valence-corrected chi connectivity index (χ2v) is 4.86.